The van der Waals surface area contributed by atoms with E-state index in [0.29, 0.717) is 6.04 Å². The molecule has 1 aromatic carbocycles. The number of hydrogen-bond acceptors (Lipinski definition) is 4. The van der Waals surface area contributed by atoms with Crippen molar-refractivity contribution in [3.8, 4) is 0 Å². The largest absolute Gasteiger partial charge is 0.371 e. The molecular weight excluding hydrogens is 250 g/mol. The molecule has 5 heteroatoms. The number of para-hydroxylation sites is 1. The van der Waals surface area contributed by atoms with Gasteiger partial charge in [-0.1, -0.05) is 18.2 Å². The fourth-order valence-corrected chi connectivity index (χ4v) is 2.68. The molecular formula is C15H21N5. The Hall–Kier alpha value is -1.88. The van der Waals surface area contributed by atoms with Crippen molar-refractivity contribution >= 4 is 5.69 Å². The van der Waals surface area contributed by atoms with E-state index in [2.05, 4.69) is 50.7 Å². The predicted molar refractivity (Wildman–Crippen MR) is 79.5 cm³/mol. The predicted octanol–water partition coefficient (Wildman–Crippen LogP) is 1.57. The van der Waals surface area contributed by atoms with E-state index < -0.39 is 0 Å². The quantitative estimate of drug-likeness (QED) is 0.917. The van der Waals surface area contributed by atoms with Gasteiger partial charge in [0.1, 0.15) is 12.2 Å². The summed E-state index contributed by atoms with van der Waals surface area (Å²) in [5, 5.41) is 11.6. The Morgan fingerprint density at radius 3 is 2.60 bits per heavy atom. The molecule has 0 atom stereocenters. The highest BCUT2D eigenvalue weighted by atomic mass is 15.3. The van der Waals surface area contributed by atoms with E-state index in [1.165, 1.54) is 18.5 Å². The van der Waals surface area contributed by atoms with Gasteiger partial charge in [0, 0.05) is 31.9 Å². The van der Waals surface area contributed by atoms with Gasteiger partial charge in [-0.25, -0.2) is 0 Å². The van der Waals surface area contributed by atoms with E-state index in [4.69, 9.17) is 0 Å². The van der Waals surface area contributed by atoms with Crippen LogP contribution in [0.3, 0.4) is 0 Å². The van der Waals surface area contributed by atoms with Crippen LogP contribution in [0.25, 0.3) is 0 Å². The number of nitrogens with one attached hydrogen (secondary N) is 1. The standard InChI is InChI=1S/C15H21N5/c1-19-12-17-18-15(19)11-16-13-7-9-20(10-8-13)14-5-3-2-4-6-14/h2-6,12-13,16H,7-11H2,1H3. The third-order valence-electron chi connectivity index (χ3n) is 3.97. The minimum Gasteiger partial charge on any atom is -0.371 e. The van der Waals surface area contributed by atoms with Crippen LogP contribution in [0.4, 0.5) is 5.69 Å². The molecule has 1 saturated heterocycles. The number of nitrogens with zero attached hydrogens (tertiary/aromatic N) is 4. The summed E-state index contributed by atoms with van der Waals surface area (Å²) >= 11 is 0. The van der Waals surface area contributed by atoms with Crippen LogP contribution >= 0.6 is 0 Å². The smallest absolute Gasteiger partial charge is 0.146 e. The Morgan fingerprint density at radius 2 is 1.95 bits per heavy atom. The molecule has 5 nitrogen and oxygen atoms in total. The number of aromatic nitrogens is 3. The van der Waals surface area contributed by atoms with Gasteiger partial charge < -0.3 is 14.8 Å². The van der Waals surface area contributed by atoms with Crippen molar-refractivity contribution in [3.05, 3.63) is 42.5 Å². The highest BCUT2D eigenvalue weighted by Gasteiger charge is 2.19. The van der Waals surface area contributed by atoms with Crippen molar-refractivity contribution in [1.29, 1.82) is 0 Å². The Balaban J connectivity index is 1.48. The third kappa shape index (κ3) is 2.99. The molecule has 0 unspecified atom stereocenters. The maximum atomic E-state index is 4.10. The average molecular weight is 271 g/mol. The summed E-state index contributed by atoms with van der Waals surface area (Å²) in [6.45, 7) is 3.02. The van der Waals surface area contributed by atoms with Crippen LogP contribution in [0.1, 0.15) is 18.7 Å². The zero-order valence-electron chi connectivity index (χ0n) is 11.9. The van der Waals surface area contributed by atoms with Crippen molar-refractivity contribution in [2.45, 2.75) is 25.4 Å². The maximum Gasteiger partial charge on any atom is 0.146 e. The first kappa shape index (κ1) is 13.1. The average Bonchev–Trinajstić information content (AvgIpc) is 2.92. The molecule has 20 heavy (non-hydrogen) atoms. The van der Waals surface area contributed by atoms with Crippen molar-refractivity contribution in [1.82, 2.24) is 20.1 Å². The lowest BCUT2D eigenvalue weighted by molar-refractivity contribution is 0.407. The molecule has 1 N–H and O–H groups in total. The highest BCUT2D eigenvalue weighted by molar-refractivity contribution is 5.46. The van der Waals surface area contributed by atoms with Crippen molar-refractivity contribution in [2.24, 2.45) is 7.05 Å². The van der Waals surface area contributed by atoms with E-state index in [1.807, 2.05) is 11.6 Å². The summed E-state index contributed by atoms with van der Waals surface area (Å²) in [4.78, 5) is 2.46. The summed E-state index contributed by atoms with van der Waals surface area (Å²) in [5.41, 5.74) is 1.33. The maximum absolute atomic E-state index is 4.10. The van der Waals surface area contributed by atoms with Crippen LogP contribution in [0.5, 0.6) is 0 Å². The Kier molecular flexibility index (Phi) is 3.97. The summed E-state index contributed by atoms with van der Waals surface area (Å²) < 4.78 is 1.96. The van der Waals surface area contributed by atoms with Gasteiger partial charge in [-0.2, -0.15) is 0 Å². The number of hydrogen-bond donors (Lipinski definition) is 1. The Labute approximate surface area is 119 Å². The molecule has 2 heterocycles. The van der Waals surface area contributed by atoms with Crippen molar-refractivity contribution in [2.75, 3.05) is 18.0 Å². The molecule has 0 bridgehead atoms. The molecule has 0 saturated carbocycles. The van der Waals surface area contributed by atoms with Gasteiger partial charge in [0.15, 0.2) is 0 Å². The van der Waals surface area contributed by atoms with Crippen molar-refractivity contribution < 1.29 is 0 Å². The highest BCUT2D eigenvalue weighted by Crippen LogP contribution is 2.19. The van der Waals surface area contributed by atoms with E-state index in [9.17, 15) is 0 Å². The number of anilines is 1. The molecule has 0 radical (unpaired) electrons. The van der Waals surface area contributed by atoms with Gasteiger partial charge in [-0.3, -0.25) is 0 Å². The molecule has 1 aromatic heterocycles. The summed E-state index contributed by atoms with van der Waals surface area (Å²) in [6, 6.07) is 11.2. The molecule has 1 aliphatic rings. The minimum absolute atomic E-state index is 0.576. The monoisotopic (exact) mass is 271 g/mol. The van der Waals surface area contributed by atoms with Crippen LogP contribution < -0.4 is 10.2 Å². The lowest BCUT2D eigenvalue weighted by Gasteiger charge is -2.34. The summed E-state index contributed by atoms with van der Waals surface area (Å²) in [5.74, 6) is 0.996. The van der Waals surface area contributed by atoms with Gasteiger partial charge in [0.25, 0.3) is 0 Å². The SMILES string of the molecule is Cn1cnnc1CNC1CCN(c2ccccc2)CC1. The second-order valence-corrected chi connectivity index (χ2v) is 5.34. The van der Waals surface area contributed by atoms with Crippen LogP contribution in [-0.4, -0.2) is 33.9 Å². The molecule has 106 valence electrons. The Bertz CT molecular complexity index is 528. The van der Waals surface area contributed by atoms with E-state index in [0.717, 1.165) is 25.5 Å². The van der Waals surface area contributed by atoms with E-state index in [1.54, 1.807) is 6.33 Å². The van der Waals surface area contributed by atoms with Gasteiger partial charge in [-0.05, 0) is 25.0 Å². The number of piperidine rings is 1. The first-order chi connectivity index (χ1) is 9.83. The zero-order chi connectivity index (χ0) is 13.8. The van der Waals surface area contributed by atoms with Crippen LogP contribution in [-0.2, 0) is 13.6 Å². The topological polar surface area (TPSA) is 46.0 Å². The van der Waals surface area contributed by atoms with Crippen LogP contribution in [0, 0.1) is 0 Å². The van der Waals surface area contributed by atoms with Gasteiger partial charge >= 0.3 is 0 Å². The second kappa shape index (κ2) is 6.05. The lowest BCUT2D eigenvalue weighted by Crippen LogP contribution is -2.42. The minimum atomic E-state index is 0.576. The van der Waals surface area contributed by atoms with Gasteiger partial charge in [0.2, 0.25) is 0 Å². The van der Waals surface area contributed by atoms with E-state index in [-0.39, 0.29) is 0 Å². The lowest BCUT2D eigenvalue weighted by atomic mass is 10.0. The summed E-state index contributed by atoms with van der Waals surface area (Å²) in [6.07, 6.45) is 4.09. The Morgan fingerprint density at radius 1 is 1.20 bits per heavy atom. The molecule has 1 fully saturated rings. The molecule has 3 rings (SSSR count). The molecule has 0 spiro atoms. The summed E-state index contributed by atoms with van der Waals surface area (Å²) in [7, 11) is 1.98. The number of aryl methyl sites for hydroxylation is 1. The molecule has 0 amide bonds. The number of benzene rings is 1. The fourth-order valence-electron chi connectivity index (χ4n) is 2.68. The van der Waals surface area contributed by atoms with E-state index >= 15 is 0 Å². The van der Waals surface area contributed by atoms with Gasteiger partial charge in [-0.15, -0.1) is 10.2 Å². The molecule has 1 aliphatic heterocycles. The second-order valence-electron chi connectivity index (χ2n) is 5.34. The molecule has 2 aromatic rings. The third-order valence-corrected chi connectivity index (χ3v) is 3.97. The van der Waals surface area contributed by atoms with Crippen LogP contribution in [0.2, 0.25) is 0 Å². The first-order valence-electron chi connectivity index (χ1n) is 7.19. The number of rotatable bonds is 4. The first-order valence-corrected chi connectivity index (χ1v) is 7.19. The zero-order valence-corrected chi connectivity index (χ0v) is 11.9. The van der Waals surface area contributed by atoms with Gasteiger partial charge in [0.05, 0.1) is 6.54 Å². The fraction of sp³-hybridized carbons (Fsp3) is 0.467. The van der Waals surface area contributed by atoms with Crippen LogP contribution in [0.15, 0.2) is 36.7 Å². The molecule has 0 aliphatic carbocycles. The van der Waals surface area contributed by atoms with Crippen molar-refractivity contribution in [3.63, 3.8) is 0 Å². The normalized spacial score (nSPS) is 16.6.